The number of hydrogen-bond donors (Lipinski definition) is 2. The van der Waals surface area contributed by atoms with Crippen molar-refractivity contribution in [2.45, 2.75) is 18.9 Å². The van der Waals surface area contributed by atoms with Gasteiger partial charge < -0.3 is 25.9 Å². The van der Waals surface area contributed by atoms with E-state index in [0.29, 0.717) is 17.6 Å². The molecule has 0 aliphatic rings. The summed E-state index contributed by atoms with van der Waals surface area (Å²) in [7, 11) is 3.67. The number of nitrogens with zero attached hydrogens (tertiary/aromatic N) is 5. The molecule has 1 aromatic rings. The Hall–Kier alpha value is -2.56. The Balaban J connectivity index is 3.09. The van der Waals surface area contributed by atoms with E-state index in [0.717, 1.165) is 0 Å². The first-order valence-electron chi connectivity index (χ1n) is 6.02. The summed E-state index contributed by atoms with van der Waals surface area (Å²) in [4.78, 5) is 37.4. The Bertz CT molecular complexity index is 554. The summed E-state index contributed by atoms with van der Waals surface area (Å²) in [6.07, 6.45) is 0.738. The zero-order valence-corrected chi connectivity index (χ0v) is 11.6. The lowest BCUT2D eigenvalue weighted by Gasteiger charge is -2.14. The topological polar surface area (TPSA) is 157 Å². The zero-order valence-electron chi connectivity index (χ0n) is 11.6. The number of nitrogens with two attached hydrogens (primary N) is 1. The second-order valence-electron chi connectivity index (χ2n) is 4.61. The highest BCUT2D eigenvalue weighted by Crippen LogP contribution is 2.18. The third kappa shape index (κ3) is 4.21. The van der Waals surface area contributed by atoms with Gasteiger partial charge in [-0.3, -0.25) is 4.79 Å². The zero-order chi connectivity index (χ0) is 16.2. The number of nitro groups is 1. The number of carboxylic acids is 1. The van der Waals surface area contributed by atoms with Crippen LogP contribution in [0.2, 0.25) is 0 Å². The predicted octanol–water partition coefficient (Wildman–Crippen LogP) is -0.747. The number of rotatable bonds is 8. The highest BCUT2D eigenvalue weighted by molar-refractivity contribution is 5.85. The normalized spacial score (nSPS) is 12.3. The summed E-state index contributed by atoms with van der Waals surface area (Å²) in [6.45, 7) is 0.642. The maximum absolute atomic E-state index is 11.5. The molecule has 21 heavy (non-hydrogen) atoms. The van der Waals surface area contributed by atoms with Crippen LogP contribution >= 0.6 is 0 Å². The molecule has 1 rings (SSSR count). The van der Waals surface area contributed by atoms with E-state index in [1.165, 1.54) is 0 Å². The van der Waals surface area contributed by atoms with Crippen LogP contribution in [0, 0.1) is 10.1 Å². The van der Waals surface area contributed by atoms with E-state index in [1.807, 2.05) is 19.0 Å². The van der Waals surface area contributed by atoms with Crippen molar-refractivity contribution < 1.29 is 19.6 Å². The number of hydrogen-bond acceptors (Lipinski definition) is 7. The molecule has 0 bridgehead atoms. The molecular formula is C10H16N6O5. The summed E-state index contributed by atoms with van der Waals surface area (Å²) in [5.74, 6) is -3.91. The van der Waals surface area contributed by atoms with Crippen molar-refractivity contribution >= 4 is 17.8 Å². The van der Waals surface area contributed by atoms with Gasteiger partial charge in [0.05, 0.1) is 0 Å². The van der Waals surface area contributed by atoms with Crippen molar-refractivity contribution in [3.05, 3.63) is 15.9 Å². The fraction of sp³-hybridized carbons (Fsp3) is 0.600. The molecule has 0 aliphatic carbocycles. The van der Waals surface area contributed by atoms with Crippen LogP contribution in [0.25, 0.3) is 0 Å². The minimum absolute atomic E-state index is 0.203. The Morgan fingerprint density at radius 2 is 2.14 bits per heavy atom. The predicted molar refractivity (Wildman–Crippen MR) is 69.7 cm³/mol. The molecule has 0 saturated heterocycles. The van der Waals surface area contributed by atoms with Crippen molar-refractivity contribution in [1.82, 2.24) is 19.7 Å². The van der Waals surface area contributed by atoms with Gasteiger partial charge in [0.15, 0.2) is 0 Å². The van der Waals surface area contributed by atoms with Crippen LogP contribution in [0.5, 0.6) is 0 Å². The van der Waals surface area contributed by atoms with Gasteiger partial charge in [0.2, 0.25) is 5.91 Å². The van der Waals surface area contributed by atoms with Gasteiger partial charge in [-0.2, -0.15) is 0 Å². The van der Waals surface area contributed by atoms with Gasteiger partial charge >= 0.3 is 17.7 Å². The average Bonchev–Trinajstić information content (AvgIpc) is 2.78. The van der Waals surface area contributed by atoms with E-state index < -0.39 is 34.6 Å². The molecule has 1 amide bonds. The number of aromatic nitrogens is 3. The summed E-state index contributed by atoms with van der Waals surface area (Å²) < 4.78 is 0.707. The van der Waals surface area contributed by atoms with E-state index in [4.69, 9.17) is 10.8 Å². The van der Waals surface area contributed by atoms with Crippen LogP contribution in [0.4, 0.5) is 5.95 Å². The van der Waals surface area contributed by atoms with Crippen LogP contribution in [-0.4, -0.2) is 62.2 Å². The fourth-order valence-electron chi connectivity index (χ4n) is 1.74. The standard InChI is InChI=1S/C10H16N6O5/c1-14(2)5-3-4-6(7(11)17)15-8(9(18)19)12-10(13-15)16(20)21/h6H,3-5H2,1-2H3,(H2,11,17)(H,18,19). The van der Waals surface area contributed by atoms with Crippen molar-refractivity contribution in [1.29, 1.82) is 0 Å². The summed E-state index contributed by atoms with van der Waals surface area (Å²) in [6, 6.07) is -1.10. The Morgan fingerprint density at radius 3 is 2.57 bits per heavy atom. The molecule has 0 radical (unpaired) electrons. The molecule has 0 aliphatic heterocycles. The first-order valence-corrected chi connectivity index (χ1v) is 6.02. The maximum atomic E-state index is 11.5. The van der Waals surface area contributed by atoms with Crippen LogP contribution in [0.1, 0.15) is 29.5 Å². The van der Waals surface area contributed by atoms with Crippen LogP contribution in [-0.2, 0) is 4.79 Å². The number of amides is 1. The molecular weight excluding hydrogens is 284 g/mol. The fourth-order valence-corrected chi connectivity index (χ4v) is 1.74. The number of aromatic carboxylic acids is 1. The molecule has 3 N–H and O–H groups in total. The maximum Gasteiger partial charge on any atom is 0.491 e. The van der Waals surface area contributed by atoms with Crippen molar-refractivity contribution in [3.8, 4) is 0 Å². The van der Waals surface area contributed by atoms with E-state index in [2.05, 4.69) is 10.1 Å². The third-order valence-corrected chi connectivity index (χ3v) is 2.68. The number of carbonyl (C=O) groups is 2. The van der Waals surface area contributed by atoms with E-state index in [1.54, 1.807) is 0 Å². The Labute approximate surface area is 119 Å². The molecule has 11 nitrogen and oxygen atoms in total. The molecule has 1 unspecified atom stereocenters. The van der Waals surface area contributed by atoms with Gasteiger partial charge in [0, 0.05) is 5.10 Å². The second kappa shape index (κ2) is 6.74. The summed E-state index contributed by atoms with van der Waals surface area (Å²) in [5.41, 5.74) is 5.24. The van der Waals surface area contributed by atoms with Gasteiger partial charge in [-0.05, 0) is 43.4 Å². The van der Waals surface area contributed by atoms with Crippen LogP contribution in [0.3, 0.4) is 0 Å². The van der Waals surface area contributed by atoms with E-state index in [9.17, 15) is 19.7 Å². The second-order valence-corrected chi connectivity index (χ2v) is 4.61. The summed E-state index contributed by atoms with van der Waals surface area (Å²) in [5, 5.41) is 23.1. The molecule has 0 fully saturated rings. The van der Waals surface area contributed by atoms with Gasteiger partial charge in [0.1, 0.15) is 6.04 Å². The highest BCUT2D eigenvalue weighted by atomic mass is 16.6. The van der Waals surface area contributed by atoms with Gasteiger partial charge in [-0.1, -0.05) is 0 Å². The van der Waals surface area contributed by atoms with Crippen molar-refractivity contribution in [2.24, 2.45) is 5.73 Å². The van der Waals surface area contributed by atoms with E-state index >= 15 is 0 Å². The minimum atomic E-state index is -1.52. The summed E-state index contributed by atoms with van der Waals surface area (Å²) >= 11 is 0. The lowest BCUT2D eigenvalue weighted by atomic mass is 10.1. The molecule has 116 valence electrons. The molecule has 1 atom stereocenters. The Kier molecular flexibility index (Phi) is 5.30. The smallest absolute Gasteiger partial charge is 0.474 e. The van der Waals surface area contributed by atoms with Gasteiger partial charge in [0.25, 0.3) is 0 Å². The van der Waals surface area contributed by atoms with E-state index in [-0.39, 0.29) is 6.42 Å². The molecule has 1 heterocycles. The molecule has 11 heteroatoms. The number of carbonyl (C=O) groups excluding carboxylic acids is 1. The largest absolute Gasteiger partial charge is 0.491 e. The van der Waals surface area contributed by atoms with Crippen LogP contribution in [0.15, 0.2) is 0 Å². The van der Waals surface area contributed by atoms with Gasteiger partial charge in [-0.15, -0.1) is 4.68 Å². The minimum Gasteiger partial charge on any atom is -0.474 e. The Morgan fingerprint density at radius 1 is 1.52 bits per heavy atom. The first kappa shape index (κ1) is 16.5. The SMILES string of the molecule is CN(C)CCCC(C(N)=O)n1nc([N+](=O)[O-])nc1C(=O)O. The van der Waals surface area contributed by atoms with Crippen LogP contribution < -0.4 is 5.73 Å². The lowest BCUT2D eigenvalue weighted by Crippen LogP contribution is -2.30. The first-order chi connectivity index (χ1) is 9.73. The average molecular weight is 300 g/mol. The van der Waals surface area contributed by atoms with Crippen molar-refractivity contribution in [2.75, 3.05) is 20.6 Å². The number of primary amides is 1. The quantitative estimate of drug-likeness (QED) is 0.469. The molecule has 0 saturated carbocycles. The molecule has 1 aromatic heterocycles. The monoisotopic (exact) mass is 300 g/mol. The van der Waals surface area contributed by atoms with Gasteiger partial charge in [-0.25, -0.2) is 4.79 Å². The highest BCUT2D eigenvalue weighted by Gasteiger charge is 2.33. The lowest BCUT2D eigenvalue weighted by molar-refractivity contribution is -0.394. The van der Waals surface area contributed by atoms with Crippen molar-refractivity contribution in [3.63, 3.8) is 0 Å². The molecule has 0 aromatic carbocycles. The molecule has 0 spiro atoms. The third-order valence-electron chi connectivity index (χ3n) is 2.68. The number of carboxylic acid groups (broad SMARTS) is 1.